The van der Waals surface area contributed by atoms with Crippen LogP contribution in [-0.2, 0) is 16.0 Å². The molecule has 0 atom stereocenters. The van der Waals surface area contributed by atoms with Crippen LogP contribution in [0.4, 0.5) is 0 Å². The average Bonchev–Trinajstić information content (AvgIpc) is 3.05. The molecule has 2 aliphatic heterocycles. The molecule has 29 heavy (non-hydrogen) atoms. The van der Waals surface area contributed by atoms with Crippen molar-refractivity contribution in [1.82, 2.24) is 25.0 Å². The van der Waals surface area contributed by atoms with E-state index in [2.05, 4.69) is 40.9 Å². The standard InChI is InChI=1S/C20H34N6O2S/c1-4-21-20(22-6-5-18-16(2)23-17(3)29-18)26-9-7-24(8-10-26)15-19(27)25-11-13-28-14-12-25/h4-15H2,1-3H3,(H,21,22). The molecule has 3 heterocycles. The molecular weight excluding hydrogens is 388 g/mol. The molecule has 0 saturated carbocycles. The van der Waals surface area contributed by atoms with Crippen LogP contribution in [-0.4, -0.2) is 104 Å². The first-order chi connectivity index (χ1) is 14.1. The van der Waals surface area contributed by atoms with Crippen molar-refractivity contribution in [2.45, 2.75) is 27.2 Å². The molecule has 0 aromatic carbocycles. The van der Waals surface area contributed by atoms with Crippen LogP contribution >= 0.6 is 11.3 Å². The number of carbonyl (C=O) groups is 1. The van der Waals surface area contributed by atoms with E-state index in [1.54, 1.807) is 11.3 Å². The molecule has 162 valence electrons. The number of carbonyl (C=O) groups excluding carboxylic acids is 1. The van der Waals surface area contributed by atoms with Crippen LogP contribution in [0.3, 0.4) is 0 Å². The zero-order valence-electron chi connectivity index (χ0n) is 17.9. The number of amides is 1. The van der Waals surface area contributed by atoms with E-state index in [0.29, 0.717) is 19.8 Å². The second kappa shape index (κ2) is 10.9. The number of hydrogen-bond donors (Lipinski definition) is 1. The second-order valence-corrected chi connectivity index (χ2v) is 8.77. The maximum atomic E-state index is 12.5. The van der Waals surface area contributed by atoms with Crippen LogP contribution in [0.5, 0.6) is 0 Å². The Bertz CT molecular complexity index is 693. The van der Waals surface area contributed by atoms with Gasteiger partial charge in [-0.3, -0.25) is 14.7 Å². The Kier molecular flexibility index (Phi) is 8.26. The molecule has 2 saturated heterocycles. The highest BCUT2D eigenvalue weighted by Gasteiger charge is 2.24. The van der Waals surface area contributed by atoms with Gasteiger partial charge in [0, 0.05) is 63.7 Å². The van der Waals surface area contributed by atoms with E-state index in [1.165, 1.54) is 4.88 Å². The summed E-state index contributed by atoms with van der Waals surface area (Å²) in [6.45, 7) is 14.6. The highest BCUT2D eigenvalue weighted by molar-refractivity contribution is 7.11. The number of piperazine rings is 1. The molecule has 1 N–H and O–H groups in total. The topological polar surface area (TPSA) is 73.3 Å². The van der Waals surface area contributed by atoms with Crippen LogP contribution in [0, 0.1) is 13.8 Å². The molecule has 3 rings (SSSR count). The molecule has 9 heteroatoms. The van der Waals surface area contributed by atoms with E-state index in [1.807, 2.05) is 4.90 Å². The molecule has 1 aromatic rings. The lowest BCUT2D eigenvalue weighted by Crippen LogP contribution is -2.55. The predicted octanol–water partition coefficient (Wildman–Crippen LogP) is 0.744. The molecule has 0 aliphatic carbocycles. The maximum absolute atomic E-state index is 12.5. The lowest BCUT2D eigenvalue weighted by atomic mass is 10.3. The van der Waals surface area contributed by atoms with Crippen molar-refractivity contribution in [3.05, 3.63) is 15.6 Å². The van der Waals surface area contributed by atoms with Crippen molar-refractivity contribution in [2.24, 2.45) is 4.99 Å². The van der Waals surface area contributed by atoms with Gasteiger partial charge in [-0.15, -0.1) is 11.3 Å². The summed E-state index contributed by atoms with van der Waals surface area (Å²) in [5.74, 6) is 1.20. The Labute approximate surface area is 177 Å². The van der Waals surface area contributed by atoms with E-state index in [4.69, 9.17) is 9.73 Å². The van der Waals surface area contributed by atoms with E-state index in [-0.39, 0.29) is 5.91 Å². The summed E-state index contributed by atoms with van der Waals surface area (Å²) in [4.78, 5) is 29.6. The third-order valence-electron chi connectivity index (χ3n) is 5.33. The number of ether oxygens (including phenoxy) is 1. The number of morpholine rings is 1. The Balaban J connectivity index is 1.47. The Morgan fingerprint density at radius 1 is 1.14 bits per heavy atom. The van der Waals surface area contributed by atoms with Crippen LogP contribution < -0.4 is 5.32 Å². The summed E-state index contributed by atoms with van der Waals surface area (Å²) in [6.07, 6.45) is 0.931. The first kappa shape index (κ1) is 22.0. The molecule has 0 radical (unpaired) electrons. The molecule has 1 aromatic heterocycles. The highest BCUT2D eigenvalue weighted by Crippen LogP contribution is 2.17. The number of aromatic nitrogens is 1. The summed E-state index contributed by atoms with van der Waals surface area (Å²) in [7, 11) is 0. The van der Waals surface area contributed by atoms with E-state index in [0.717, 1.165) is 75.4 Å². The van der Waals surface area contributed by atoms with Crippen molar-refractivity contribution in [2.75, 3.05) is 72.1 Å². The van der Waals surface area contributed by atoms with Crippen LogP contribution in [0.15, 0.2) is 4.99 Å². The highest BCUT2D eigenvalue weighted by atomic mass is 32.1. The van der Waals surface area contributed by atoms with Crippen molar-refractivity contribution in [3.8, 4) is 0 Å². The van der Waals surface area contributed by atoms with E-state index in [9.17, 15) is 4.79 Å². The smallest absolute Gasteiger partial charge is 0.236 e. The number of nitrogens with one attached hydrogen (secondary N) is 1. The van der Waals surface area contributed by atoms with Crippen LogP contribution in [0.2, 0.25) is 0 Å². The number of rotatable bonds is 6. The molecular formula is C20H34N6O2S. The van der Waals surface area contributed by atoms with Gasteiger partial charge in [-0.25, -0.2) is 4.98 Å². The van der Waals surface area contributed by atoms with Crippen molar-refractivity contribution >= 4 is 23.2 Å². The minimum atomic E-state index is 0.220. The summed E-state index contributed by atoms with van der Waals surface area (Å²) in [6, 6.07) is 0. The summed E-state index contributed by atoms with van der Waals surface area (Å²) >= 11 is 1.77. The van der Waals surface area contributed by atoms with Crippen LogP contribution in [0.1, 0.15) is 22.5 Å². The molecule has 0 bridgehead atoms. The van der Waals surface area contributed by atoms with Crippen LogP contribution in [0.25, 0.3) is 0 Å². The molecule has 8 nitrogen and oxygen atoms in total. The average molecular weight is 423 g/mol. The van der Waals surface area contributed by atoms with Gasteiger partial charge in [0.2, 0.25) is 5.91 Å². The minimum absolute atomic E-state index is 0.220. The van der Waals surface area contributed by atoms with Gasteiger partial charge in [-0.1, -0.05) is 0 Å². The zero-order valence-corrected chi connectivity index (χ0v) is 18.8. The molecule has 0 spiro atoms. The third-order valence-corrected chi connectivity index (χ3v) is 6.46. The molecule has 1 amide bonds. The Morgan fingerprint density at radius 3 is 2.48 bits per heavy atom. The minimum Gasteiger partial charge on any atom is -0.378 e. The maximum Gasteiger partial charge on any atom is 0.236 e. The number of guanidine groups is 1. The van der Waals surface area contributed by atoms with E-state index >= 15 is 0 Å². The number of thiazole rings is 1. The Hall–Kier alpha value is -1.71. The van der Waals surface area contributed by atoms with E-state index < -0.39 is 0 Å². The number of nitrogens with zero attached hydrogens (tertiary/aromatic N) is 5. The number of aryl methyl sites for hydroxylation is 2. The quantitative estimate of drug-likeness (QED) is 0.539. The molecule has 0 unspecified atom stereocenters. The number of hydrogen-bond acceptors (Lipinski definition) is 6. The normalized spacial score (nSPS) is 18.9. The fourth-order valence-corrected chi connectivity index (χ4v) is 4.64. The SMILES string of the molecule is CCNC(=NCCc1sc(C)nc1C)N1CCN(CC(=O)N2CCOCC2)CC1. The molecule has 2 aliphatic rings. The summed E-state index contributed by atoms with van der Waals surface area (Å²) in [5.41, 5.74) is 1.13. The fourth-order valence-electron chi connectivity index (χ4n) is 3.72. The number of aliphatic imine (C=N–C) groups is 1. The van der Waals surface area contributed by atoms with Crippen molar-refractivity contribution < 1.29 is 9.53 Å². The van der Waals surface area contributed by atoms with Gasteiger partial charge in [0.15, 0.2) is 5.96 Å². The van der Waals surface area contributed by atoms with Gasteiger partial charge in [0.1, 0.15) is 0 Å². The first-order valence-corrected chi connectivity index (χ1v) is 11.4. The lowest BCUT2D eigenvalue weighted by Gasteiger charge is -2.37. The monoisotopic (exact) mass is 422 g/mol. The fraction of sp³-hybridized carbons (Fsp3) is 0.750. The summed E-state index contributed by atoms with van der Waals surface area (Å²) < 4.78 is 5.33. The largest absolute Gasteiger partial charge is 0.378 e. The molecule has 2 fully saturated rings. The predicted molar refractivity (Wildman–Crippen MR) is 117 cm³/mol. The lowest BCUT2D eigenvalue weighted by molar-refractivity contribution is -0.136. The summed E-state index contributed by atoms with van der Waals surface area (Å²) in [5, 5.41) is 4.54. The van der Waals surface area contributed by atoms with Gasteiger partial charge < -0.3 is 19.9 Å². The zero-order chi connectivity index (χ0) is 20.6. The Morgan fingerprint density at radius 2 is 1.86 bits per heavy atom. The van der Waals surface area contributed by atoms with Crippen molar-refractivity contribution in [3.63, 3.8) is 0 Å². The van der Waals surface area contributed by atoms with Gasteiger partial charge >= 0.3 is 0 Å². The first-order valence-electron chi connectivity index (χ1n) is 10.6. The van der Waals surface area contributed by atoms with Gasteiger partial charge in [-0.2, -0.15) is 0 Å². The van der Waals surface area contributed by atoms with Crippen molar-refractivity contribution in [1.29, 1.82) is 0 Å². The van der Waals surface area contributed by atoms with Gasteiger partial charge in [0.05, 0.1) is 30.5 Å². The second-order valence-electron chi connectivity index (χ2n) is 7.48. The van der Waals surface area contributed by atoms with Gasteiger partial charge in [0.25, 0.3) is 0 Å². The third kappa shape index (κ3) is 6.38. The van der Waals surface area contributed by atoms with Gasteiger partial charge in [-0.05, 0) is 20.8 Å².